The summed E-state index contributed by atoms with van der Waals surface area (Å²) in [6, 6.07) is 5.54. The lowest BCUT2D eigenvalue weighted by Gasteiger charge is -2.20. The van der Waals surface area contributed by atoms with E-state index in [1.54, 1.807) is 6.07 Å². The summed E-state index contributed by atoms with van der Waals surface area (Å²) in [5.74, 6) is -0.338. The predicted molar refractivity (Wildman–Crippen MR) is 70.1 cm³/mol. The molecule has 0 amide bonds. The van der Waals surface area contributed by atoms with Crippen molar-refractivity contribution in [2.75, 3.05) is 12.3 Å². The van der Waals surface area contributed by atoms with E-state index in [2.05, 4.69) is 20.8 Å². The van der Waals surface area contributed by atoms with Crippen LogP contribution in [0, 0.1) is 0 Å². The van der Waals surface area contributed by atoms with Crippen LogP contribution < -0.4 is 5.73 Å². The largest absolute Gasteiger partial charge is 0.462 e. The van der Waals surface area contributed by atoms with Gasteiger partial charge in [-0.15, -0.1) is 0 Å². The minimum atomic E-state index is -0.338. The van der Waals surface area contributed by atoms with Gasteiger partial charge in [-0.3, -0.25) is 0 Å². The molecule has 1 aromatic carbocycles. The summed E-state index contributed by atoms with van der Waals surface area (Å²) in [5.41, 5.74) is 7.81. The van der Waals surface area contributed by atoms with E-state index < -0.39 is 0 Å². The van der Waals surface area contributed by atoms with Gasteiger partial charge in [0.25, 0.3) is 0 Å². The van der Waals surface area contributed by atoms with Crippen molar-refractivity contribution < 1.29 is 9.53 Å². The molecule has 1 aromatic rings. The molecule has 3 heteroatoms. The van der Waals surface area contributed by atoms with E-state index in [0.29, 0.717) is 17.9 Å². The SMILES string of the molecule is CCCOC(=O)c1cc(C(C)(C)C)ccc1N. The fraction of sp³-hybridized carbons (Fsp3) is 0.500. The Kier molecular flexibility index (Phi) is 4.16. The molecule has 17 heavy (non-hydrogen) atoms. The van der Waals surface area contributed by atoms with Crippen LogP contribution in [0.15, 0.2) is 18.2 Å². The quantitative estimate of drug-likeness (QED) is 0.647. The van der Waals surface area contributed by atoms with Crippen molar-refractivity contribution in [1.82, 2.24) is 0 Å². The highest BCUT2D eigenvalue weighted by atomic mass is 16.5. The number of rotatable bonds is 3. The highest BCUT2D eigenvalue weighted by molar-refractivity contribution is 5.95. The number of nitrogens with two attached hydrogens (primary N) is 1. The molecule has 0 aliphatic rings. The van der Waals surface area contributed by atoms with Gasteiger partial charge in [-0.05, 0) is 29.5 Å². The van der Waals surface area contributed by atoms with E-state index in [0.717, 1.165) is 12.0 Å². The van der Waals surface area contributed by atoms with Gasteiger partial charge >= 0.3 is 5.97 Å². The fourth-order valence-corrected chi connectivity index (χ4v) is 1.47. The third-order valence-electron chi connectivity index (χ3n) is 2.58. The number of nitrogen functional groups attached to an aromatic ring is 1. The first kappa shape index (κ1) is 13.6. The monoisotopic (exact) mass is 235 g/mol. The van der Waals surface area contributed by atoms with Crippen LogP contribution in [0.4, 0.5) is 5.69 Å². The molecule has 0 aliphatic carbocycles. The lowest BCUT2D eigenvalue weighted by Crippen LogP contribution is -2.15. The third-order valence-corrected chi connectivity index (χ3v) is 2.58. The number of hydrogen-bond acceptors (Lipinski definition) is 3. The molecule has 1 rings (SSSR count). The second-order valence-corrected chi connectivity index (χ2v) is 5.19. The minimum absolute atomic E-state index is 0.00646. The summed E-state index contributed by atoms with van der Waals surface area (Å²) in [7, 11) is 0. The van der Waals surface area contributed by atoms with Gasteiger partial charge in [-0.25, -0.2) is 4.79 Å². The standard InChI is InChI=1S/C14H21NO2/c1-5-8-17-13(16)11-9-10(14(2,3)4)6-7-12(11)15/h6-7,9H,5,8,15H2,1-4H3. The van der Waals surface area contributed by atoms with Crippen molar-refractivity contribution in [1.29, 1.82) is 0 Å². The first-order valence-corrected chi connectivity index (χ1v) is 5.93. The zero-order chi connectivity index (χ0) is 13.1. The smallest absolute Gasteiger partial charge is 0.340 e. The zero-order valence-electron chi connectivity index (χ0n) is 11.0. The molecule has 94 valence electrons. The molecule has 0 aliphatic heterocycles. The Labute approximate surface area is 103 Å². The van der Waals surface area contributed by atoms with Crippen LogP contribution in [-0.4, -0.2) is 12.6 Å². The molecule has 0 fully saturated rings. The molecule has 0 saturated heterocycles. The van der Waals surface area contributed by atoms with Crippen molar-refractivity contribution in [2.24, 2.45) is 0 Å². The topological polar surface area (TPSA) is 52.3 Å². The number of carbonyl (C=O) groups excluding carboxylic acids is 1. The minimum Gasteiger partial charge on any atom is -0.462 e. The molecule has 0 aromatic heterocycles. The van der Waals surface area contributed by atoms with Crippen molar-refractivity contribution in [3.05, 3.63) is 29.3 Å². The maximum absolute atomic E-state index is 11.8. The number of benzene rings is 1. The molecule has 0 heterocycles. The molecule has 0 saturated carbocycles. The number of esters is 1. The van der Waals surface area contributed by atoms with Crippen LogP contribution in [0.1, 0.15) is 50.0 Å². The second kappa shape index (κ2) is 5.21. The van der Waals surface area contributed by atoms with Crippen LogP contribution in [-0.2, 0) is 10.2 Å². The maximum Gasteiger partial charge on any atom is 0.340 e. The lowest BCUT2D eigenvalue weighted by atomic mass is 9.86. The molecule has 2 N–H and O–H groups in total. The molecular weight excluding hydrogens is 214 g/mol. The Hall–Kier alpha value is -1.51. The van der Waals surface area contributed by atoms with E-state index in [-0.39, 0.29) is 11.4 Å². The highest BCUT2D eigenvalue weighted by Gasteiger charge is 2.18. The summed E-state index contributed by atoms with van der Waals surface area (Å²) < 4.78 is 5.11. The zero-order valence-corrected chi connectivity index (χ0v) is 11.0. The maximum atomic E-state index is 11.8. The van der Waals surface area contributed by atoms with Gasteiger partial charge < -0.3 is 10.5 Å². The summed E-state index contributed by atoms with van der Waals surface area (Å²) in [5, 5.41) is 0. The average Bonchev–Trinajstić information content (AvgIpc) is 2.24. The van der Waals surface area contributed by atoms with Crippen LogP contribution in [0.3, 0.4) is 0 Å². The Morgan fingerprint density at radius 2 is 2.00 bits per heavy atom. The van der Waals surface area contributed by atoms with Gasteiger partial charge in [0.05, 0.1) is 12.2 Å². The van der Waals surface area contributed by atoms with E-state index in [1.807, 2.05) is 19.1 Å². The number of ether oxygens (including phenoxy) is 1. The third kappa shape index (κ3) is 3.48. The van der Waals surface area contributed by atoms with Crippen molar-refractivity contribution in [3.8, 4) is 0 Å². The Morgan fingerprint density at radius 3 is 2.53 bits per heavy atom. The average molecular weight is 235 g/mol. The van der Waals surface area contributed by atoms with E-state index in [9.17, 15) is 4.79 Å². The number of hydrogen-bond donors (Lipinski definition) is 1. The normalized spacial score (nSPS) is 11.3. The summed E-state index contributed by atoms with van der Waals surface area (Å²) in [6.07, 6.45) is 0.810. The molecular formula is C14H21NO2. The molecule has 0 radical (unpaired) electrons. The number of anilines is 1. The van der Waals surface area contributed by atoms with Crippen LogP contribution in [0.2, 0.25) is 0 Å². The second-order valence-electron chi connectivity index (χ2n) is 5.19. The molecule has 0 bridgehead atoms. The van der Waals surface area contributed by atoms with Crippen molar-refractivity contribution in [3.63, 3.8) is 0 Å². The summed E-state index contributed by atoms with van der Waals surface area (Å²) in [4.78, 5) is 11.8. The van der Waals surface area contributed by atoms with Crippen molar-refractivity contribution >= 4 is 11.7 Å². The van der Waals surface area contributed by atoms with Crippen molar-refractivity contribution in [2.45, 2.75) is 39.5 Å². The molecule has 3 nitrogen and oxygen atoms in total. The molecule has 0 spiro atoms. The van der Waals surface area contributed by atoms with Gasteiger partial charge in [0.15, 0.2) is 0 Å². The van der Waals surface area contributed by atoms with Crippen LogP contribution >= 0.6 is 0 Å². The van der Waals surface area contributed by atoms with Crippen LogP contribution in [0.25, 0.3) is 0 Å². The van der Waals surface area contributed by atoms with Crippen LogP contribution in [0.5, 0.6) is 0 Å². The van der Waals surface area contributed by atoms with Gasteiger partial charge in [0, 0.05) is 5.69 Å². The van der Waals surface area contributed by atoms with E-state index in [1.165, 1.54) is 0 Å². The van der Waals surface area contributed by atoms with Gasteiger partial charge in [0.2, 0.25) is 0 Å². The fourth-order valence-electron chi connectivity index (χ4n) is 1.47. The predicted octanol–water partition coefficient (Wildman–Crippen LogP) is 3.13. The highest BCUT2D eigenvalue weighted by Crippen LogP contribution is 2.26. The first-order valence-electron chi connectivity index (χ1n) is 5.93. The number of carbonyl (C=O) groups is 1. The first-order chi connectivity index (χ1) is 7.86. The Bertz CT molecular complexity index is 405. The molecule has 0 unspecified atom stereocenters. The van der Waals surface area contributed by atoms with E-state index >= 15 is 0 Å². The summed E-state index contributed by atoms with van der Waals surface area (Å²) >= 11 is 0. The molecule has 0 atom stereocenters. The summed E-state index contributed by atoms with van der Waals surface area (Å²) in [6.45, 7) is 8.68. The van der Waals surface area contributed by atoms with E-state index in [4.69, 9.17) is 10.5 Å². The Morgan fingerprint density at radius 1 is 1.35 bits per heavy atom. The van der Waals surface area contributed by atoms with Gasteiger partial charge in [0.1, 0.15) is 0 Å². The lowest BCUT2D eigenvalue weighted by molar-refractivity contribution is 0.0506. The Balaban J connectivity index is 3.02. The van der Waals surface area contributed by atoms with Gasteiger partial charge in [-0.2, -0.15) is 0 Å². The van der Waals surface area contributed by atoms with Gasteiger partial charge in [-0.1, -0.05) is 33.8 Å².